The third-order valence-corrected chi connectivity index (χ3v) is 6.75. The average molecular weight is 451 g/mol. The standard InChI is InChI=1S/C26H46N2O4/c1-3-4-5-6-7-8-9-10-11-12-13-14-15-16-17-18-23-22(29)19-24(32-23)28-20-21(2)25(30)27-26(28)31/h20,22-24,29H,3-19H2,1-2H3,(H,27,30,31)/t22?,23-,24-/m1/s1. The summed E-state index contributed by atoms with van der Waals surface area (Å²) in [5.74, 6) is 0. The van der Waals surface area contributed by atoms with Crippen molar-refractivity contribution in [3.8, 4) is 0 Å². The second kappa shape index (κ2) is 15.4. The van der Waals surface area contributed by atoms with Gasteiger partial charge in [0, 0.05) is 18.2 Å². The Balaban J connectivity index is 1.47. The first kappa shape index (κ1) is 26.8. The molecule has 3 atom stereocenters. The predicted molar refractivity (Wildman–Crippen MR) is 130 cm³/mol. The van der Waals surface area contributed by atoms with Crippen LogP contribution in [0.5, 0.6) is 0 Å². The smallest absolute Gasteiger partial charge is 0.330 e. The van der Waals surface area contributed by atoms with E-state index in [4.69, 9.17) is 4.74 Å². The van der Waals surface area contributed by atoms with Gasteiger partial charge >= 0.3 is 5.69 Å². The van der Waals surface area contributed by atoms with Gasteiger partial charge in [0.2, 0.25) is 0 Å². The van der Waals surface area contributed by atoms with Crippen LogP contribution in [0.25, 0.3) is 0 Å². The van der Waals surface area contributed by atoms with E-state index in [0.717, 1.165) is 19.3 Å². The first-order valence-electron chi connectivity index (χ1n) is 13.2. The summed E-state index contributed by atoms with van der Waals surface area (Å²) in [6, 6.07) is 0. The summed E-state index contributed by atoms with van der Waals surface area (Å²) in [4.78, 5) is 25.9. The van der Waals surface area contributed by atoms with Gasteiger partial charge < -0.3 is 9.84 Å². The lowest BCUT2D eigenvalue weighted by Gasteiger charge is -2.16. The maximum absolute atomic E-state index is 12.0. The number of rotatable bonds is 17. The Morgan fingerprint density at radius 3 is 1.94 bits per heavy atom. The van der Waals surface area contributed by atoms with Crippen LogP contribution in [0.2, 0.25) is 0 Å². The van der Waals surface area contributed by atoms with Gasteiger partial charge in [0.1, 0.15) is 6.23 Å². The van der Waals surface area contributed by atoms with Gasteiger partial charge in [0.05, 0.1) is 12.2 Å². The van der Waals surface area contributed by atoms with Gasteiger partial charge in [-0.15, -0.1) is 0 Å². The lowest BCUT2D eigenvalue weighted by atomic mass is 10.0. The lowest BCUT2D eigenvalue weighted by Crippen LogP contribution is -2.33. The van der Waals surface area contributed by atoms with E-state index in [-0.39, 0.29) is 11.7 Å². The van der Waals surface area contributed by atoms with E-state index >= 15 is 0 Å². The van der Waals surface area contributed by atoms with Crippen molar-refractivity contribution < 1.29 is 9.84 Å². The topological polar surface area (TPSA) is 84.3 Å². The first-order valence-corrected chi connectivity index (χ1v) is 13.2. The number of aromatic amines is 1. The molecule has 1 aromatic rings. The van der Waals surface area contributed by atoms with Crippen LogP contribution >= 0.6 is 0 Å². The minimum Gasteiger partial charge on any atom is -0.390 e. The molecule has 6 nitrogen and oxygen atoms in total. The molecule has 1 unspecified atom stereocenters. The summed E-state index contributed by atoms with van der Waals surface area (Å²) in [7, 11) is 0. The number of aromatic nitrogens is 2. The van der Waals surface area contributed by atoms with Crippen LogP contribution in [0.1, 0.15) is 128 Å². The Bertz CT molecular complexity index is 742. The number of aliphatic hydroxyl groups is 1. The number of nitrogens with one attached hydrogen (secondary N) is 1. The van der Waals surface area contributed by atoms with Crippen molar-refractivity contribution in [1.29, 1.82) is 0 Å². The normalized spacial score (nSPS) is 20.8. The molecule has 32 heavy (non-hydrogen) atoms. The molecule has 1 aromatic heterocycles. The minimum absolute atomic E-state index is 0.235. The highest BCUT2D eigenvalue weighted by Gasteiger charge is 2.35. The molecule has 0 spiro atoms. The molecular formula is C26H46N2O4. The number of hydrogen-bond donors (Lipinski definition) is 2. The van der Waals surface area contributed by atoms with Crippen molar-refractivity contribution in [2.75, 3.05) is 0 Å². The number of aryl methyl sites for hydroxylation is 1. The molecule has 6 heteroatoms. The maximum Gasteiger partial charge on any atom is 0.330 e. The minimum atomic E-state index is -0.564. The zero-order valence-corrected chi connectivity index (χ0v) is 20.4. The SMILES string of the molecule is CCCCCCCCCCCCCCCCC[C@H]1O[C@@H](n2cc(C)c(=O)[nH]c2=O)CC1O. The largest absolute Gasteiger partial charge is 0.390 e. The lowest BCUT2D eigenvalue weighted by molar-refractivity contribution is -0.0253. The van der Waals surface area contributed by atoms with Crippen LogP contribution in [-0.4, -0.2) is 26.9 Å². The van der Waals surface area contributed by atoms with E-state index in [9.17, 15) is 14.7 Å². The summed E-state index contributed by atoms with van der Waals surface area (Å²) in [5.41, 5.74) is -0.391. The second-order valence-electron chi connectivity index (χ2n) is 9.65. The Morgan fingerprint density at radius 2 is 1.41 bits per heavy atom. The summed E-state index contributed by atoms with van der Waals surface area (Å²) >= 11 is 0. The molecule has 2 heterocycles. The fourth-order valence-electron chi connectivity index (χ4n) is 4.66. The van der Waals surface area contributed by atoms with Crippen molar-refractivity contribution >= 4 is 0 Å². The third-order valence-electron chi connectivity index (χ3n) is 6.75. The van der Waals surface area contributed by atoms with Gasteiger partial charge in [0.25, 0.3) is 5.56 Å². The molecule has 0 saturated carbocycles. The second-order valence-corrected chi connectivity index (χ2v) is 9.65. The molecule has 1 saturated heterocycles. The van der Waals surface area contributed by atoms with E-state index in [1.54, 1.807) is 6.92 Å². The number of unbranched alkanes of at least 4 members (excludes halogenated alkanes) is 14. The molecule has 184 valence electrons. The van der Waals surface area contributed by atoms with Gasteiger partial charge in [0.15, 0.2) is 0 Å². The van der Waals surface area contributed by atoms with Gasteiger partial charge in [-0.3, -0.25) is 14.3 Å². The zero-order chi connectivity index (χ0) is 23.2. The van der Waals surface area contributed by atoms with Gasteiger partial charge in [-0.1, -0.05) is 103 Å². The van der Waals surface area contributed by atoms with E-state index in [2.05, 4.69) is 11.9 Å². The van der Waals surface area contributed by atoms with Crippen molar-refractivity contribution in [3.63, 3.8) is 0 Å². The molecule has 1 aliphatic heterocycles. The molecule has 2 rings (SSSR count). The summed E-state index contributed by atoms with van der Waals surface area (Å²) in [6.45, 7) is 3.93. The molecule has 0 aliphatic carbocycles. The molecular weight excluding hydrogens is 404 g/mol. The highest BCUT2D eigenvalue weighted by atomic mass is 16.5. The molecule has 0 bridgehead atoms. The zero-order valence-electron chi connectivity index (χ0n) is 20.4. The van der Waals surface area contributed by atoms with Crippen LogP contribution in [0.15, 0.2) is 15.8 Å². The van der Waals surface area contributed by atoms with E-state index in [1.165, 1.54) is 94.2 Å². The highest BCUT2D eigenvalue weighted by molar-refractivity contribution is 5.02. The first-order chi connectivity index (χ1) is 15.5. The van der Waals surface area contributed by atoms with Gasteiger partial charge in [-0.2, -0.15) is 0 Å². The van der Waals surface area contributed by atoms with Crippen LogP contribution in [0.3, 0.4) is 0 Å². The van der Waals surface area contributed by atoms with E-state index < -0.39 is 18.0 Å². The van der Waals surface area contributed by atoms with Crippen molar-refractivity contribution in [2.24, 2.45) is 0 Å². The molecule has 1 aliphatic rings. The predicted octanol–water partition coefficient (Wildman–Crippen LogP) is 5.75. The van der Waals surface area contributed by atoms with Crippen molar-refractivity contribution in [2.45, 2.75) is 141 Å². The summed E-state index contributed by atoms with van der Waals surface area (Å²) < 4.78 is 7.34. The molecule has 0 aromatic carbocycles. The Hall–Kier alpha value is -1.40. The number of ether oxygens (including phenoxy) is 1. The molecule has 1 fully saturated rings. The molecule has 0 radical (unpaired) electrons. The Morgan fingerprint density at radius 1 is 0.906 bits per heavy atom. The van der Waals surface area contributed by atoms with Crippen LogP contribution in [0, 0.1) is 6.92 Å². The maximum atomic E-state index is 12.0. The summed E-state index contributed by atoms with van der Waals surface area (Å²) in [6.07, 6.45) is 21.4. The Labute approximate surface area is 193 Å². The van der Waals surface area contributed by atoms with Crippen molar-refractivity contribution in [1.82, 2.24) is 9.55 Å². The fraction of sp³-hybridized carbons (Fsp3) is 0.846. The monoisotopic (exact) mass is 450 g/mol. The van der Waals surface area contributed by atoms with Crippen LogP contribution in [0.4, 0.5) is 0 Å². The highest BCUT2D eigenvalue weighted by Crippen LogP contribution is 2.30. The van der Waals surface area contributed by atoms with E-state index in [1.807, 2.05) is 0 Å². The fourth-order valence-corrected chi connectivity index (χ4v) is 4.66. The van der Waals surface area contributed by atoms with Gasteiger partial charge in [-0.05, 0) is 13.3 Å². The van der Waals surface area contributed by atoms with Crippen LogP contribution < -0.4 is 11.2 Å². The molecule has 2 N–H and O–H groups in total. The van der Waals surface area contributed by atoms with Crippen molar-refractivity contribution in [3.05, 3.63) is 32.6 Å². The van der Waals surface area contributed by atoms with Gasteiger partial charge in [-0.25, -0.2) is 4.79 Å². The quantitative estimate of drug-likeness (QED) is 0.296. The van der Waals surface area contributed by atoms with Crippen LogP contribution in [-0.2, 0) is 4.74 Å². The Kier molecular flexibility index (Phi) is 13.0. The number of nitrogens with zero attached hydrogens (tertiary/aromatic N) is 1. The third kappa shape index (κ3) is 9.62. The average Bonchev–Trinajstić information content (AvgIpc) is 3.13. The number of H-pyrrole nitrogens is 1. The summed E-state index contributed by atoms with van der Waals surface area (Å²) in [5, 5.41) is 10.3. The number of hydrogen-bond acceptors (Lipinski definition) is 4. The molecule has 0 amide bonds. The van der Waals surface area contributed by atoms with E-state index in [0.29, 0.717) is 12.0 Å². The number of aliphatic hydroxyl groups excluding tert-OH is 1.